The molecule has 3 aromatic carbocycles. The van der Waals surface area contributed by atoms with Crippen LogP contribution < -0.4 is 9.80 Å². The molecule has 1 atom stereocenters. The lowest BCUT2D eigenvalue weighted by Crippen LogP contribution is -2.39. The molecule has 0 spiro atoms. The van der Waals surface area contributed by atoms with Gasteiger partial charge in [-0.15, -0.1) is 0 Å². The Labute approximate surface area is 220 Å². The number of carbonyl (C=O) groups excluding carboxylic acids is 2. The van der Waals surface area contributed by atoms with Gasteiger partial charge in [0.2, 0.25) is 11.8 Å². The molecule has 0 saturated carbocycles. The molecule has 198 valence electrons. The van der Waals surface area contributed by atoms with Crippen molar-refractivity contribution in [1.29, 1.82) is 0 Å². The van der Waals surface area contributed by atoms with E-state index < -0.39 is 29.5 Å². The quantitative estimate of drug-likeness (QED) is 0.360. The molecule has 2 heterocycles. The Morgan fingerprint density at radius 1 is 0.816 bits per heavy atom. The number of hydrogen-bond acceptors (Lipinski definition) is 3. The lowest BCUT2D eigenvalue weighted by molar-refractivity contribution is -0.137. The van der Waals surface area contributed by atoms with Crippen LogP contribution in [0.25, 0.3) is 0 Å². The number of fused-ring (bicyclic) bond motifs is 1. The smallest absolute Gasteiger partial charge is 0.310 e. The van der Waals surface area contributed by atoms with E-state index in [-0.39, 0.29) is 17.9 Å². The molecule has 1 unspecified atom stereocenters. The largest absolute Gasteiger partial charge is 0.416 e. The summed E-state index contributed by atoms with van der Waals surface area (Å²) in [7, 11) is 0. The van der Waals surface area contributed by atoms with Crippen molar-refractivity contribution < 1.29 is 22.8 Å². The lowest BCUT2D eigenvalue weighted by Gasteiger charge is -2.27. The van der Waals surface area contributed by atoms with Gasteiger partial charge in [-0.05, 0) is 74.3 Å². The van der Waals surface area contributed by atoms with Gasteiger partial charge >= 0.3 is 6.18 Å². The maximum Gasteiger partial charge on any atom is 0.416 e. The Hall–Kier alpha value is -3.65. The number of carbonyl (C=O) groups is 2. The van der Waals surface area contributed by atoms with E-state index >= 15 is 0 Å². The first kappa shape index (κ1) is 26.0. The maximum absolute atomic E-state index is 14.1. The van der Waals surface area contributed by atoms with Crippen molar-refractivity contribution in [3.8, 4) is 0 Å². The van der Waals surface area contributed by atoms with E-state index in [0.717, 1.165) is 37.3 Å². The molecular weight excluding hydrogens is 491 g/mol. The predicted molar refractivity (Wildman–Crippen MR) is 141 cm³/mol. The maximum atomic E-state index is 14.1. The molecule has 2 aliphatic rings. The zero-order chi connectivity index (χ0) is 26.9. The Bertz CT molecular complexity index is 1300. The van der Waals surface area contributed by atoms with Crippen LogP contribution >= 0.6 is 0 Å². The Morgan fingerprint density at radius 2 is 1.50 bits per heavy atom. The summed E-state index contributed by atoms with van der Waals surface area (Å²) in [5, 5.41) is 0. The lowest BCUT2D eigenvalue weighted by atomic mass is 9.94. The van der Waals surface area contributed by atoms with Crippen LogP contribution in [0, 0.1) is 0 Å². The summed E-state index contributed by atoms with van der Waals surface area (Å²) in [6.45, 7) is 4.86. The second-order valence-corrected chi connectivity index (χ2v) is 9.80. The van der Waals surface area contributed by atoms with Crippen molar-refractivity contribution in [2.75, 3.05) is 29.4 Å². The minimum absolute atomic E-state index is 0.0374. The molecule has 0 N–H and O–H groups in total. The van der Waals surface area contributed by atoms with Gasteiger partial charge < -0.3 is 4.90 Å². The van der Waals surface area contributed by atoms with Crippen LogP contribution in [0.4, 0.5) is 30.2 Å². The van der Waals surface area contributed by atoms with E-state index in [1.54, 1.807) is 49.4 Å². The van der Waals surface area contributed by atoms with Gasteiger partial charge in [-0.3, -0.25) is 19.4 Å². The number of para-hydroxylation sites is 1. The van der Waals surface area contributed by atoms with E-state index in [4.69, 9.17) is 0 Å². The molecule has 2 amide bonds. The third kappa shape index (κ3) is 5.05. The van der Waals surface area contributed by atoms with E-state index in [9.17, 15) is 22.8 Å². The van der Waals surface area contributed by atoms with Gasteiger partial charge in [0, 0.05) is 18.8 Å². The zero-order valence-corrected chi connectivity index (χ0v) is 21.2. The number of alkyl halides is 3. The summed E-state index contributed by atoms with van der Waals surface area (Å²) >= 11 is 0. The Kier molecular flexibility index (Phi) is 7.25. The molecule has 8 heteroatoms. The standard InChI is InChI=1S/C30H30F3N3O2/c1-2-35-25-16-15-23(30(31,32)33)19-26(25)36(24-9-5-3-6-10-24)29(38)27(28(35)37)22-13-11-21(12-14-22)20-34-17-7-4-8-18-34/h3,5-6,9-16,19,27H,2,4,7-8,17-18,20H2,1H3. The van der Waals surface area contributed by atoms with Crippen molar-refractivity contribution in [3.63, 3.8) is 0 Å². The topological polar surface area (TPSA) is 43.9 Å². The fourth-order valence-electron chi connectivity index (χ4n) is 5.38. The first-order valence-corrected chi connectivity index (χ1v) is 13.0. The van der Waals surface area contributed by atoms with Gasteiger partial charge in [-0.25, -0.2) is 0 Å². The third-order valence-corrected chi connectivity index (χ3v) is 7.31. The molecule has 1 fully saturated rings. The zero-order valence-electron chi connectivity index (χ0n) is 21.2. The van der Waals surface area contributed by atoms with Gasteiger partial charge in [0.05, 0.1) is 16.9 Å². The Morgan fingerprint density at radius 3 is 2.13 bits per heavy atom. The number of rotatable bonds is 5. The number of anilines is 3. The summed E-state index contributed by atoms with van der Waals surface area (Å²) in [6.07, 6.45) is -0.985. The van der Waals surface area contributed by atoms with Crippen molar-refractivity contribution in [2.45, 2.75) is 44.8 Å². The third-order valence-electron chi connectivity index (χ3n) is 7.31. The highest BCUT2D eigenvalue weighted by Gasteiger charge is 2.42. The minimum Gasteiger partial charge on any atom is -0.310 e. The molecule has 5 rings (SSSR count). The summed E-state index contributed by atoms with van der Waals surface area (Å²) in [6, 6.07) is 19.2. The molecule has 0 aliphatic carbocycles. The van der Waals surface area contributed by atoms with Crippen LogP contribution in [0.3, 0.4) is 0 Å². The van der Waals surface area contributed by atoms with Crippen molar-refractivity contribution in [1.82, 2.24) is 4.90 Å². The van der Waals surface area contributed by atoms with Gasteiger partial charge in [0.25, 0.3) is 0 Å². The van der Waals surface area contributed by atoms with Gasteiger partial charge in [-0.2, -0.15) is 13.2 Å². The highest BCUT2D eigenvalue weighted by molar-refractivity contribution is 6.23. The predicted octanol–water partition coefficient (Wildman–Crippen LogP) is 6.51. The van der Waals surface area contributed by atoms with Gasteiger partial charge in [0.15, 0.2) is 0 Å². The van der Waals surface area contributed by atoms with Gasteiger partial charge in [0.1, 0.15) is 5.92 Å². The van der Waals surface area contributed by atoms with E-state index in [2.05, 4.69) is 4.90 Å². The van der Waals surface area contributed by atoms with Crippen LogP contribution in [-0.4, -0.2) is 36.3 Å². The number of likely N-dealkylation sites (N-methyl/N-ethyl adjacent to an activating group) is 1. The number of benzene rings is 3. The summed E-state index contributed by atoms with van der Waals surface area (Å²) in [4.78, 5) is 33.0. The summed E-state index contributed by atoms with van der Waals surface area (Å²) in [5.41, 5.74) is 1.44. The van der Waals surface area contributed by atoms with E-state index in [1.165, 1.54) is 35.1 Å². The number of amides is 2. The number of likely N-dealkylation sites (tertiary alicyclic amines) is 1. The normalized spacial score (nSPS) is 18.9. The molecule has 2 aliphatic heterocycles. The summed E-state index contributed by atoms with van der Waals surface area (Å²) < 4.78 is 41.1. The minimum atomic E-state index is -4.60. The van der Waals surface area contributed by atoms with Crippen molar-refractivity contribution in [2.24, 2.45) is 0 Å². The number of piperidine rings is 1. The molecule has 0 bridgehead atoms. The molecule has 38 heavy (non-hydrogen) atoms. The molecule has 0 radical (unpaired) electrons. The van der Waals surface area contributed by atoms with Crippen LogP contribution in [0.2, 0.25) is 0 Å². The fraction of sp³-hybridized carbons (Fsp3) is 0.333. The highest BCUT2D eigenvalue weighted by Crippen LogP contribution is 2.44. The van der Waals surface area contributed by atoms with Crippen LogP contribution in [-0.2, 0) is 22.3 Å². The Balaban J connectivity index is 1.58. The number of nitrogens with zero attached hydrogens (tertiary/aromatic N) is 3. The molecule has 1 saturated heterocycles. The van der Waals surface area contributed by atoms with Gasteiger partial charge in [-0.1, -0.05) is 48.9 Å². The average Bonchev–Trinajstić information content (AvgIpc) is 3.00. The summed E-state index contributed by atoms with van der Waals surface area (Å²) in [5.74, 6) is -2.23. The monoisotopic (exact) mass is 521 g/mol. The van der Waals surface area contributed by atoms with Crippen molar-refractivity contribution in [3.05, 3.63) is 89.5 Å². The molecule has 3 aromatic rings. The average molecular weight is 522 g/mol. The molecule has 5 nitrogen and oxygen atoms in total. The SMILES string of the molecule is CCN1C(=O)C(c2ccc(CN3CCCCC3)cc2)C(=O)N(c2ccccc2)c2cc(C(F)(F)F)ccc21. The number of halogens is 3. The van der Waals surface area contributed by atoms with Crippen LogP contribution in [0.15, 0.2) is 72.8 Å². The first-order valence-electron chi connectivity index (χ1n) is 13.0. The first-order chi connectivity index (χ1) is 18.3. The van der Waals surface area contributed by atoms with Crippen LogP contribution in [0.5, 0.6) is 0 Å². The molecule has 0 aromatic heterocycles. The fourth-order valence-corrected chi connectivity index (χ4v) is 5.38. The number of hydrogen-bond donors (Lipinski definition) is 0. The van der Waals surface area contributed by atoms with Crippen LogP contribution in [0.1, 0.15) is 48.8 Å². The van der Waals surface area contributed by atoms with E-state index in [1.807, 2.05) is 12.1 Å². The molecular formula is C30H30F3N3O2. The van der Waals surface area contributed by atoms with E-state index in [0.29, 0.717) is 11.3 Å². The van der Waals surface area contributed by atoms with Crippen molar-refractivity contribution >= 4 is 28.9 Å². The highest BCUT2D eigenvalue weighted by atomic mass is 19.4. The second kappa shape index (κ2) is 10.6. The second-order valence-electron chi connectivity index (χ2n) is 9.80.